The van der Waals surface area contributed by atoms with Crippen molar-refractivity contribution >= 4 is 11.8 Å². The summed E-state index contributed by atoms with van der Waals surface area (Å²) in [6.07, 6.45) is 11.6. The van der Waals surface area contributed by atoms with Crippen LogP contribution in [0.4, 0.5) is 5.69 Å². The average Bonchev–Trinajstić information content (AvgIpc) is 2.58. The minimum atomic E-state index is 0.0646. The molecular formula is C19H26N2O2. The molecule has 0 atom stereocenters. The molecule has 0 bridgehead atoms. The van der Waals surface area contributed by atoms with Gasteiger partial charge >= 0.3 is 0 Å². The summed E-state index contributed by atoms with van der Waals surface area (Å²) in [7, 11) is 1.86. The van der Waals surface area contributed by atoms with E-state index >= 15 is 0 Å². The zero-order chi connectivity index (χ0) is 16.9. The van der Waals surface area contributed by atoms with E-state index in [1.54, 1.807) is 6.08 Å². The van der Waals surface area contributed by atoms with Gasteiger partial charge in [0, 0.05) is 25.8 Å². The fourth-order valence-corrected chi connectivity index (χ4v) is 2.08. The van der Waals surface area contributed by atoms with Crippen LogP contribution >= 0.6 is 0 Å². The minimum absolute atomic E-state index is 0.0646. The molecule has 124 valence electrons. The van der Waals surface area contributed by atoms with E-state index in [-0.39, 0.29) is 13.2 Å². The van der Waals surface area contributed by atoms with Crippen LogP contribution in [0.5, 0.6) is 0 Å². The summed E-state index contributed by atoms with van der Waals surface area (Å²) in [5.41, 5.74) is 3.11. The van der Waals surface area contributed by atoms with Crippen LogP contribution in [-0.2, 0) is 0 Å². The third kappa shape index (κ3) is 7.00. The van der Waals surface area contributed by atoms with Crippen molar-refractivity contribution in [3.05, 3.63) is 72.5 Å². The number of allylic oxidation sites excluding steroid dienone is 5. The predicted molar refractivity (Wildman–Crippen MR) is 98.3 cm³/mol. The fourth-order valence-electron chi connectivity index (χ4n) is 2.08. The standard InChI is InChI=1S/C19H26N2O2/c1-3-4-17(11-12-20-2)5-6-18-7-9-19(10-8-18)21(13-15-22)14-16-23/h3-12,20,22-23H,1,13-16H2,2H3. The SMILES string of the molecule is C=CC=C(C=CNC)C=Cc1ccc(N(CCO)CCO)cc1. The maximum atomic E-state index is 9.09. The highest BCUT2D eigenvalue weighted by Gasteiger charge is 2.04. The van der Waals surface area contributed by atoms with Gasteiger partial charge < -0.3 is 20.4 Å². The van der Waals surface area contributed by atoms with E-state index in [0.29, 0.717) is 13.1 Å². The summed E-state index contributed by atoms with van der Waals surface area (Å²) in [5, 5.41) is 21.1. The summed E-state index contributed by atoms with van der Waals surface area (Å²) in [6.45, 7) is 4.87. The first-order valence-electron chi connectivity index (χ1n) is 7.66. The molecule has 0 fully saturated rings. The largest absolute Gasteiger partial charge is 0.395 e. The molecule has 1 aromatic carbocycles. The first-order valence-corrected chi connectivity index (χ1v) is 7.66. The highest BCUT2D eigenvalue weighted by molar-refractivity contribution is 5.59. The summed E-state index contributed by atoms with van der Waals surface area (Å²) in [5.74, 6) is 0. The number of aliphatic hydroxyl groups is 2. The van der Waals surface area contributed by atoms with E-state index in [1.165, 1.54) is 0 Å². The highest BCUT2D eigenvalue weighted by Crippen LogP contribution is 2.16. The number of nitrogens with one attached hydrogen (secondary N) is 1. The van der Waals surface area contributed by atoms with Gasteiger partial charge in [-0.15, -0.1) is 0 Å². The van der Waals surface area contributed by atoms with Crippen LogP contribution in [0.15, 0.2) is 66.9 Å². The van der Waals surface area contributed by atoms with Gasteiger partial charge in [-0.2, -0.15) is 0 Å². The Bertz CT molecular complexity index is 539. The molecule has 1 aromatic rings. The fraction of sp³-hybridized carbons (Fsp3) is 0.263. The van der Waals surface area contributed by atoms with Crippen molar-refractivity contribution in [3.8, 4) is 0 Å². The molecule has 0 radical (unpaired) electrons. The first kappa shape index (κ1) is 18.7. The minimum Gasteiger partial charge on any atom is -0.395 e. The highest BCUT2D eigenvalue weighted by atomic mass is 16.3. The van der Waals surface area contributed by atoms with Gasteiger partial charge in [0.1, 0.15) is 0 Å². The number of nitrogens with zero attached hydrogens (tertiary/aromatic N) is 1. The average molecular weight is 314 g/mol. The molecule has 4 heteroatoms. The van der Waals surface area contributed by atoms with E-state index in [0.717, 1.165) is 16.8 Å². The van der Waals surface area contributed by atoms with Crippen molar-refractivity contribution < 1.29 is 10.2 Å². The number of benzene rings is 1. The van der Waals surface area contributed by atoms with Crippen LogP contribution in [0.2, 0.25) is 0 Å². The third-order valence-corrected chi connectivity index (χ3v) is 3.22. The van der Waals surface area contributed by atoms with Gasteiger partial charge in [0.05, 0.1) is 13.2 Å². The smallest absolute Gasteiger partial charge is 0.0606 e. The molecule has 23 heavy (non-hydrogen) atoms. The molecule has 3 N–H and O–H groups in total. The molecule has 1 rings (SSSR count). The van der Waals surface area contributed by atoms with E-state index < -0.39 is 0 Å². The van der Waals surface area contributed by atoms with Crippen LogP contribution in [0.1, 0.15) is 5.56 Å². The molecule has 0 unspecified atom stereocenters. The second-order valence-electron chi connectivity index (χ2n) is 4.88. The lowest BCUT2D eigenvalue weighted by atomic mass is 10.1. The number of hydrogen-bond donors (Lipinski definition) is 3. The van der Waals surface area contributed by atoms with Crippen molar-refractivity contribution in [2.75, 3.05) is 38.3 Å². The number of aliphatic hydroxyl groups excluding tert-OH is 2. The van der Waals surface area contributed by atoms with Crippen LogP contribution in [-0.4, -0.2) is 43.6 Å². The molecule has 0 spiro atoms. The summed E-state index contributed by atoms with van der Waals surface area (Å²) in [6, 6.07) is 8.01. The lowest BCUT2D eigenvalue weighted by Gasteiger charge is -2.22. The Morgan fingerprint density at radius 3 is 2.30 bits per heavy atom. The molecule has 4 nitrogen and oxygen atoms in total. The molecule has 0 aromatic heterocycles. The van der Waals surface area contributed by atoms with Crippen molar-refractivity contribution in [1.82, 2.24) is 5.32 Å². The van der Waals surface area contributed by atoms with Crippen molar-refractivity contribution in [2.45, 2.75) is 0 Å². The Morgan fingerprint density at radius 1 is 1.13 bits per heavy atom. The molecule has 0 saturated heterocycles. The lowest BCUT2D eigenvalue weighted by Crippen LogP contribution is -2.29. The van der Waals surface area contributed by atoms with Crippen LogP contribution < -0.4 is 10.2 Å². The first-order chi connectivity index (χ1) is 11.2. The Balaban J connectivity index is 2.82. The molecule has 0 aliphatic rings. The molecule has 0 heterocycles. The topological polar surface area (TPSA) is 55.7 Å². The van der Waals surface area contributed by atoms with Crippen LogP contribution in [0.3, 0.4) is 0 Å². The van der Waals surface area contributed by atoms with E-state index in [2.05, 4.69) is 11.9 Å². The van der Waals surface area contributed by atoms with Crippen molar-refractivity contribution in [1.29, 1.82) is 0 Å². The zero-order valence-electron chi connectivity index (χ0n) is 13.7. The summed E-state index contributed by atoms with van der Waals surface area (Å²) >= 11 is 0. The van der Waals surface area contributed by atoms with Crippen molar-refractivity contribution in [3.63, 3.8) is 0 Å². The quantitative estimate of drug-likeness (QED) is 0.580. The van der Waals surface area contributed by atoms with Gasteiger partial charge in [-0.25, -0.2) is 0 Å². The van der Waals surface area contributed by atoms with Gasteiger partial charge in [-0.3, -0.25) is 0 Å². The molecule has 0 aliphatic carbocycles. The van der Waals surface area contributed by atoms with Crippen LogP contribution in [0, 0.1) is 0 Å². The maximum Gasteiger partial charge on any atom is 0.0606 e. The van der Waals surface area contributed by atoms with E-state index in [1.807, 2.05) is 66.7 Å². The van der Waals surface area contributed by atoms with Gasteiger partial charge in [-0.1, -0.05) is 43.0 Å². The Labute approximate surface area is 138 Å². The van der Waals surface area contributed by atoms with E-state index in [9.17, 15) is 0 Å². The third-order valence-electron chi connectivity index (χ3n) is 3.22. The van der Waals surface area contributed by atoms with Gasteiger partial charge in [0.15, 0.2) is 0 Å². The number of hydrogen-bond acceptors (Lipinski definition) is 4. The predicted octanol–water partition coefficient (Wildman–Crippen LogP) is 2.34. The zero-order valence-corrected chi connectivity index (χ0v) is 13.7. The maximum absolute atomic E-state index is 9.09. The van der Waals surface area contributed by atoms with Crippen molar-refractivity contribution in [2.24, 2.45) is 0 Å². The summed E-state index contributed by atoms with van der Waals surface area (Å²) < 4.78 is 0. The Hall–Kier alpha value is -2.30. The van der Waals surface area contributed by atoms with Gasteiger partial charge in [-0.05, 0) is 35.5 Å². The van der Waals surface area contributed by atoms with Gasteiger partial charge in [0.25, 0.3) is 0 Å². The number of anilines is 1. The second kappa shape index (κ2) is 11.3. The molecule has 0 saturated carbocycles. The lowest BCUT2D eigenvalue weighted by molar-refractivity contribution is 0.281. The van der Waals surface area contributed by atoms with Crippen LogP contribution in [0.25, 0.3) is 6.08 Å². The van der Waals surface area contributed by atoms with E-state index in [4.69, 9.17) is 10.2 Å². The number of rotatable bonds is 10. The second-order valence-corrected chi connectivity index (χ2v) is 4.88. The summed E-state index contributed by atoms with van der Waals surface area (Å²) in [4.78, 5) is 1.95. The molecule has 0 amide bonds. The van der Waals surface area contributed by atoms with Gasteiger partial charge in [0.2, 0.25) is 0 Å². The Morgan fingerprint density at radius 2 is 1.78 bits per heavy atom. The normalized spacial score (nSPS) is 12.0. The molecular weight excluding hydrogens is 288 g/mol. The Kier molecular flexibility index (Phi) is 9.20. The molecule has 0 aliphatic heterocycles. The monoisotopic (exact) mass is 314 g/mol.